The number of aryl methyl sites for hydroxylation is 1. The van der Waals surface area contributed by atoms with Gasteiger partial charge in [-0.05, 0) is 62.6 Å². The zero-order valence-corrected chi connectivity index (χ0v) is 20.1. The van der Waals surface area contributed by atoms with E-state index >= 15 is 0 Å². The van der Waals surface area contributed by atoms with E-state index in [1.807, 2.05) is 92.4 Å². The molecule has 172 valence electrons. The molecule has 6 heteroatoms. The van der Waals surface area contributed by atoms with Crippen molar-refractivity contribution < 1.29 is 13.2 Å². The first-order valence-electron chi connectivity index (χ1n) is 11.4. The molecule has 5 nitrogen and oxygen atoms in total. The number of hydrogen-bond acceptors (Lipinski definition) is 3. The van der Waals surface area contributed by atoms with Crippen molar-refractivity contribution in [2.45, 2.75) is 57.0 Å². The molecule has 3 aromatic carbocycles. The Bertz CT molecular complexity index is 1220. The predicted octanol–water partition coefficient (Wildman–Crippen LogP) is 5.86. The van der Waals surface area contributed by atoms with Gasteiger partial charge in [0, 0.05) is 18.2 Å². The quantitative estimate of drug-likeness (QED) is 0.461. The maximum absolute atomic E-state index is 14.0. The average Bonchev–Trinajstić information content (AvgIpc) is 2.80. The average molecular weight is 463 g/mol. The Morgan fingerprint density at radius 1 is 0.970 bits per heavy atom. The van der Waals surface area contributed by atoms with Gasteiger partial charge in [-0.3, -0.25) is 9.10 Å². The first-order chi connectivity index (χ1) is 15.8. The lowest BCUT2D eigenvalue weighted by atomic mass is 9.91. The predicted molar refractivity (Wildman–Crippen MR) is 133 cm³/mol. The molecule has 3 aromatic rings. The molecular formula is C27H30N2O3S. The van der Waals surface area contributed by atoms with E-state index in [4.69, 9.17) is 0 Å². The lowest BCUT2D eigenvalue weighted by Crippen LogP contribution is -2.47. The van der Waals surface area contributed by atoms with Gasteiger partial charge in [0.1, 0.15) is 0 Å². The van der Waals surface area contributed by atoms with Gasteiger partial charge in [-0.2, -0.15) is 0 Å². The SMILES string of the molecule is CCCC(=O)N1c2ccccc2[C@H](N(c2ccccc2)S(=O)(=O)c2ccc(C)cc2)C[C@@H]1C. The minimum Gasteiger partial charge on any atom is -0.309 e. The van der Waals surface area contributed by atoms with E-state index in [-0.39, 0.29) is 16.8 Å². The third-order valence-electron chi connectivity index (χ3n) is 6.16. The summed E-state index contributed by atoms with van der Waals surface area (Å²) in [6.07, 6.45) is 1.74. The van der Waals surface area contributed by atoms with Crippen LogP contribution in [0.25, 0.3) is 0 Å². The molecule has 1 aliphatic rings. The number of anilines is 2. The summed E-state index contributed by atoms with van der Waals surface area (Å²) in [6, 6.07) is 23.3. The van der Waals surface area contributed by atoms with Gasteiger partial charge in [-0.15, -0.1) is 0 Å². The summed E-state index contributed by atoms with van der Waals surface area (Å²) in [5.74, 6) is 0.0727. The summed E-state index contributed by atoms with van der Waals surface area (Å²) >= 11 is 0. The van der Waals surface area contributed by atoms with Crippen LogP contribution in [-0.2, 0) is 14.8 Å². The zero-order valence-electron chi connectivity index (χ0n) is 19.3. The van der Waals surface area contributed by atoms with Crippen LogP contribution in [0.4, 0.5) is 11.4 Å². The fraction of sp³-hybridized carbons (Fsp3) is 0.296. The van der Waals surface area contributed by atoms with Gasteiger partial charge in [0.15, 0.2) is 0 Å². The van der Waals surface area contributed by atoms with E-state index in [0.717, 1.165) is 23.2 Å². The molecule has 0 aromatic heterocycles. The molecule has 4 rings (SSSR count). The number of fused-ring (bicyclic) bond motifs is 1. The fourth-order valence-corrected chi connectivity index (χ4v) is 6.24. The molecule has 0 aliphatic carbocycles. The monoisotopic (exact) mass is 462 g/mol. The molecule has 2 atom stereocenters. The van der Waals surface area contributed by atoms with E-state index in [1.165, 1.54) is 4.31 Å². The molecule has 0 fully saturated rings. The first-order valence-corrected chi connectivity index (χ1v) is 12.9. The Labute approximate surface area is 196 Å². The molecule has 33 heavy (non-hydrogen) atoms. The molecule has 0 bridgehead atoms. The summed E-state index contributed by atoms with van der Waals surface area (Å²) in [5.41, 5.74) is 3.25. The van der Waals surface area contributed by atoms with E-state index in [1.54, 1.807) is 12.1 Å². The summed E-state index contributed by atoms with van der Waals surface area (Å²) in [4.78, 5) is 15.1. The summed E-state index contributed by atoms with van der Waals surface area (Å²) in [5, 5.41) is 0. The lowest BCUT2D eigenvalue weighted by molar-refractivity contribution is -0.119. The molecule has 0 spiro atoms. The lowest BCUT2D eigenvalue weighted by Gasteiger charge is -2.43. The van der Waals surface area contributed by atoms with Crippen LogP contribution in [0.1, 0.15) is 50.3 Å². The van der Waals surface area contributed by atoms with Gasteiger partial charge in [-0.1, -0.05) is 61.0 Å². The van der Waals surface area contributed by atoms with E-state index < -0.39 is 16.1 Å². The summed E-state index contributed by atoms with van der Waals surface area (Å²) in [7, 11) is -3.85. The smallest absolute Gasteiger partial charge is 0.264 e. The normalized spacial score (nSPS) is 18.0. The van der Waals surface area contributed by atoms with E-state index in [0.29, 0.717) is 18.5 Å². The van der Waals surface area contributed by atoms with Crippen molar-refractivity contribution in [2.24, 2.45) is 0 Å². The third-order valence-corrected chi connectivity index (χ3v) is 8.02. The molecule has 1 amide bonds. The topological polar surface area (TPSA) is 57.7 Å². The van der Waals surface area contributed by atoms with Crippen molar-refractivity contribution in [3.05, 3.63) is 90.0 Å². The second-order valence-corrected chi connectivity index (χ2v) is 10.4. The van der Waals surface area contributed by atoms with Crippen LogP contribution in [-0.4, -0.2) is 20.4 Å². The molecule has 1 heterocycles. The minimum atomic E-state index is -3.85. The number of hydrogen-bond donors (Lipinski definition) is 0. The van der Waals surface area contributed by atoms with Crippen LogP contribution in [0.3, 0.4) is 0 Å². The van der Waals surface area contributed by atoms with E-state index in [2.05, 4.69) is 0 Å². The molecule has 0 saturated heterocycles. The molecule has 0 saturated carbocycles. The number of para-hydroxylation sites is 2. The zero-order chi connectivity index (χ0) is 23.6. The van der Waals surface area contributed by atoms with Gasteiger partial charge in [0.25, 0.3) is 10.0 Å². The summed E-state index contributed by atoms with van der Waals surface area (Å²) in [6.45, 7) is 5.93. The second kappa shape index (κ2) is 9.40. The van der Waals surface area contributed by atoms with Crippen LogP contribution >= 0.6 is 0 Å². The van der Waals surface area contributed by atoms with Gasteiger partial charge >= 0.3 is 0 Å². The molecular weight excluding hydrogens is 432 g/mol. The van der Waals surface area contributed by atoms with Crippen LogP contribution in [0, 0.1) is 6.92 Å². The van der Waals surface area contributed by atoms with Crippen molar-refractivity contribution in [1.82, 2.24) is 0 Å². The Morgan fingerprint density at radius 2 is 1.61 bits per heavy atom. The number of carbonyl (C=O) groups is 1. The first kappa shape index (κ1) is 23.1. The van der Waals surface area contributed by atoms with Gasteiger partial charge in [0.05, 0.1) is 16.6 Å². The van der Waals surface area contributed by atoms with Crippen molar-refractivity contribution >= 4 is 27.3 Å². The maximum atomic E-state index is 14.0. The van der Waals surface area contributed by atoms with Crippen molar-refractivity contribution in [2.75, 3.05) is 9.21 Å². The number of benzene rings is 3. The highest BCUT2D eigenvalue weighted by Crippen LogP contribution is 2.44. The van der Waals surface area contributed by atoms with Crippen molar-refractivity contribution in [1.29, 1.82) is 0 Å². The number of nitrogens with zero attached hydrogens (tertiary/aromatic N) is 2. The highest BCUT2D eigenvalue weighted by atomic mass is 32.2. The van der Waals surface area contributed by atoms with Crippen LogP contribution in [0.5, 0.6) is 0 Å². The minimum absolute atomic E-state index is 0.0727. The Morgan fingerprint density at radius 3 is 2.27 bits per heavy atom. The summed E-state index contributed by atoms with van der Waals surface area (Å²) < 4.78 is 29.6. The third kappa shape index (κ3) is 4.40. The van der Waals surface area contributed by atoms with Crippen LogP contribution < -0.4 is 9.21 Å². The Hall–Kier alpha value is -3.12. The molecule has 0 unspecified atom stereocenters. The fourth-order valence-electron chi connectivity index (χ4n) is 4.60. The molecule has 1 aliphatic heterocycles. The largest absolute Gasteiger partial charge is 0.309 e. The number of rotatable bonds is 6. The maximum Gasteiger partial charge on any atom is 0.264 e. The van der Waals surface area contributed by atoms with Gasteiger partial charge < -0.3 is 4.90 Å². The van der Waals surface area contributed by atoms with Gasteiger partial charge in [0.2, 0.25) is 5.91 Å². The van der Waals surface area contributed by atoms with Gasteiger partial charge in [-0.25, -0.2) is 8.42 Å². The molecule has 0 radical (unpaired) electrons. The van der Waals surface area contributed by atoms with E-state index in [9.17, 15) is 13.2 Å². The number of amides is 1. The Balaban J connectivity index is 1.88. The second-order valence-electron chi connectivity index (χ2n) is 8.62. The highest BCUT2D eigenvalue weighted by Gasteiger charge is 2.40. The van der Waals surface area contributed by atoms with Crippen molar-refractivity contribution in [3.8, 4) is 0 Å². The van der Waals surface area contributed by atoms with Crippen molar-refractivity contribution in [3.63, 3.8) is 0 Å². The van der Waals surface area contributed by atoms with Crippen LogP contribution in [0.2, 0.25) is 0 Å². The molecule has 0 N–H and O–H groups in total. The highest BCUT2D eigenvalue weighted by molar-refractivity contribution is 7.92. The Kier molecular flexibility index (Phi) is 6.56. The number of sulfonamides is 1. The number of carbonyl (C=O) groups excluding carboxylic acids is 1. The standard InChI is InChI=1S/C27H30N2O3S/c1-4-10-27(30)28-21(3)19-26(24-13-8-9-14-25(24)28)29(22-11-6-5-7-12-22)33(31,32)23-17-15-20(2)16-18-23/h5-9,11-18,21,26H,4,10,19H2,1-3H3/t21-,26+/m0/s1. The van der Waals surface area contributed by atoms with Crippen LogP contribution in [0.15, 0.2) is 83.8 Å².